The lowest BCUT2D eigenvalue weighted by molar-refractivity contribution is 0.544. The number of aromatic nitrogens is 1. The second-order valence-electron chi connectivity index (χ2n) is 4.53. The van der Waals surface area contributed by atoms with Crippen molar-refractivity contribution in [2.75, 3.05) is 0 Å². The van der Waals surface area contributed by atoms with Crippen molar-refractivity contribution in [3.05, 3.63) is 77.5 Å². The van der Waals surface area contributed by atoms with Gasteiger partial charge in [0.15, 0.2) is 0 Å². The van der Waals surface area contributed by atoms with Crippen molar-refractivity contribution in [2.24, 2.45) is 5.73 Å². The van der Waals surface area contributed by atoms with Gasteiger partial charge in [-0.05, 0) is 29.8 Å². The van der Waals surface area contributed by atoms with Crippen LogP contribution in [0.3, 0.4) is 0 Å². The minimum Gasteiger partial charge on any atom is -0.320 e. The number of rotatable bonds is 2. The Morgan fingerprint density at radius 1 is 0.900 bits per heavy atom. The maximum Gasteiger partial charge on any atom is 0.131 e. The predicted octanol–water partition coefficient (Wildman–Crippen LogP) is 3.56. The van der Waals surface area contributed by atoms with Gasteiger partial charge in [-0.2, -0.15) is 0 Å². The standard InChI is InChI=1S/C16H12F2N2/c17-12-6-2-7-13(18)15(12)16(19)11-4-1-8-14-10(11)5-3-9-20-14/h1-9,16H,19H2. The SMILES string of the molecule is NC(c1c(F)cccc1F)c1cccc2ncccc12. The smallest absolute Gasteiger partial charge is 0.131 e. The molecular weight excluding hydrogens is 258 g/mol. The van der Waals surface area contributed by atoms with Gasteiger partial charge in [-0.15, -0.1) is 0 Å². The lowest BCUT2D eigenvalue weighted by Crippen LogP contribution is -2.16. The highest BCUT2D eigenvalue weighted by atomic mass is 19.1. The largest absolute Gasteiger partial charge is 0.320 e. The van der Waals surface area contributed by atoms with Crippen molar-refractivity contribution in [1.82, 2.24) is 4.98 Å². The van der Waals surface area contributed by atoms with Crippen LogP contribution in [-0.4, -0.2) is 4.98 Å². The van der Waals surface area contributed by atoms with E-state index in [4.69, 9.17) is 5.73 Å². The minimum atomic E-state index is -0.871. The van der Waals surface area contributed by atoms with Crippen LogP contribution in [0.25, 0.3) is 10.9 Å². The van der Waals surface area contributed by atoms with Crippen LogP contribution in [-0.2, 0) is 0 Å². The van der Waals surface area contributed by atoms with E-state index in [2.05, 4.69) is 4.98 Å². The molecule has 4 heteroatoms. The normalized spacial score (nSPS) is 12.6. The summed E-state index contributed by atoms with van der Waals surface area (Å²) >= 11 is 0. The van der Waals surface area contributed by atoms with Gasteiger partial charge in [0.05, 0.1) is 11.6 Å². The van der Waals surface area contributed by atoms with Gasteiger partial charge < -0.3 is 5.73 Å². The molecule has 0 radical (unpaired) electrons. The van der Waals surface area contributed by atoms with Gasteiger partial charge in [0.25, 0.3) is 0 Å². The van der Waals surface area contributed by atoms with Crippen LogP contribution in [0.15, 0.2) is 54.7 Å². The molecule has 100 valence electrons. The third kappa shape index (κ3) is 2.04. The Kier molecular flexibility index (Phi) is 3.16. The van der Waals surface area contributed by atoms with Crippen LogP contribution in [0.1, 0.15) is 17.2 Å². The van der Waals surface area contributed by atoms with Crippen LogP contribution in [0.5, 0.6) is 0 Å². The Balaban J connectivity index is 2.21. The summed E-state index contributed by atoms with van der Waals surface area (Å²) in [5.41, 5.74) is 7.35. The number of benzene rings is 2. The summed E-state index contributed by atoms with van der Waals surface area (Å²) in [5, 5.41) is 0.796. The molecule has 0 fully saturated rings. The molecule has 1 atom stereocenters. The van der Waals surface area contributed by atoms with Gasteiger partial charge in [-0.25, -0.2) is 8.78 Å². The fourth-order valence-corrected chi connectivity index (χ4v) is 2.36. The number of fused-ring (bicyclic) bond motifs is 1. The molecule has 0 saturated heterocycles. The van der Waals surface area contributed by atoms with Gasteiger partial charge in [-0.3, -0.25) is 4.98 Å². The molecule has 0 amide bonds. The van der Waals surface area contributed by atoms with Gasteiger partial charge in [-0.1, -0.05) is 24.3 Å². The van der Waals surface area contributed by atoms with Crippen molar-refractivity contribution < 1.29 is 8.78 Å². The van der Waals surface area contributed by atoms with Crippen molar-refractivity contribution >= 4 is 10.9 Å². The van der Waals surface area contributed by atoms with Crippen LogP contribution in [0.4, 0.5) is 8.78 Å². The number of pyridine rings is 1. The molecule has 2 N–H and O–H groups in total. The quantitative estimate of drug-likeness (QED) is 0.773. The van der Waals surface area contributed by atoms with Crippen molar-refractivity contribution in [3.8, 4) is 0 Å². The lowest BCUT2D eigenvalue weighted by Gasteiger charge is -2.16. The highest BCUT2D eigenvalue weighted by Crippen LogP contribution is 2.29. The fraction of sp³-hybridized carbons (Fsp3) is 0.0625. The summed E-state index contributed by atoms with van der Waals surface area (Å²) in [6, 6.07) is 11.9. The molecule has 2 nitrogen and oxygen atoms in total. The highest BCUT2D eigenvalue weighted by Gasteiger charge is 2.19. The van der Waals surface area contributed by atoms with Gasteiger partial charge >= 0.3 is 0 Å². The third-order valence-corrected chi connectivity index (χ3v) is 3.33. The summed E-state index contributed by atoms with van der Waals surface area (Å²) in [7, 11) is 0. The van der Waals surface area contributed by atoms with Crippen LogP contribution in [0.2, 0.25) is 0 Å². The van der Waals surface area contributed by atoms with Gasteiger partial charge in [0, 0.05) is 17.1 Å². The molecule has 0 spiro atoms. The van der Waals surface area contributed by atoms with E-state index in [0.29, 0.717) is 5.56 Å². The first-order valence-corrected chi connectivity index (χ1v) is 6.21. The summed E-state index contributed by atoms with van der Waals surface area (Å²) in [5.74, 6) is -1.28. The van der Waals surface area contributed by atoms with Crippen LogP contribution in [0, 0.1) is 11.6 Å². The number of nitrogens with two attached hydrogens (primary N) is 1. The Hall–Kier alpha value is -2.33. The fourth-order valence-electron chi connectivity index (χ4n) is 2.36. The third-order valence-electron chi connectivity index (χ3n) is 3.33. The molecular formula is C16H12F2N2. The molecule has 20 heavy (non-hydrogen) atoms. The first kappa shape index (κ1) is 12.7. The second-order valence-corrected chi connectivity index (χ2v) is 4.53. The molecule has 2 aromatic carbocycles. The predicted molar refractivity (Wildman–Crippen MR) is 74.1 cm³/mol. The molecule has 1 heterocycles. The topological polar surface area (TPSA) is 38.9 Å². The molecule has 3 rings (SSSR count). The zero-order chi connectivity index (χ0) is 14.1. The van der Waals surface area contributed by atoms with E-state index in [-0.39, 0.29) is 5.56 Å². The molecule has 0 aliphatic carbocycles. The molecule has 0 bridgehead atoms. The zero-order valence-electron chi connectivity index (χ0n) is 10.6. The molecule has 0 aliphatic heterocycles. The maximum absolute atomic E-state index is 13.9. The Labute approximate surface area is 114 Å². The Bertz CT molecular complexity index is 746. The number of nitrogens with zero attached hydrogens (tertiary/aromatic N) is 1. The first-order chi connectivity index (χ1) is 9.68. The van der Waals surface area contributed by atoms with Gasteiger partial charge in [0.1, 0.15) is 11.6 Å². The van der Waals surface area contributed by atoms with E-state index in [1.165, 1.54) is 18.2 Å². The Morgan fingerprint density at radius 2 is 1.60 bits per heavy atom. The van der Waals surface area contributed by atoms with Crippen molar-refractivity contribution in [3.63, 3.8) is 0 Å². The minimum absolute atomic E-state index is 0.121. The van der Waals surface area contributed by atoms with E-state index in [0.717, 1.165) is 10.9 Å². The van der Waals surface area contributed by atoms with Crippen molar-refractivity contribution in [1.29, 1.82) is 0 Å². The molecule has 0 saturated carbocycles. The Morgan fingerprint density at radius 3 is 2.35 bits per heavy atom. The molecule has 1 unspecified atom stereocenters. The number of hydrogen-bond acceptors (Lipinski definition) is 2. The summed E-state index contributed by atoms with van der Waals surface area (Å²) < 4.78 is 27.7. The van der Waals surface area contributed by atoms with E-state index in [9.17, 15) is 8.78 Å². The maximum atomic E-state index is 13.9. The molecule has 1 aromatic heterocycles. The second kappa shape index (κ2) is 4.98. The lowest BCUT2D eigenvalue weighted by atomic mass is 9.95. The van der Waals surface area contributed by atoms with Crippen LogP contribution < -0.4 is 5.73 Å². The monoisotopic (exact) mass is 270 g/mol. The van der Waals surface area contributed by atoms with Crippen molar-refractivity contribution in [2.45, 2.75) is 6.04 Å². The summed E-state index contributed by atoms with van der Waals surface area (Å²) in [6.07, 6.45) is 1.67. The summed E-state index contributed by atoms with van der Waals surface area (Å²) in [4.78, 5) is 4.22. The summed E-state index contributed by atoms with van der Waals surface area (Å²) in [6.45, 7) is 0. The van der Waals surface area contributed by atoms with E-state index < -0.39 is 17.7 Å². The molecule has 0 aliphatic rings. The molecule has 3 aromatic rings. The zero-order valence-corrected chi connectivity index (χ0v) is 10.6. The van der Waals surface area contributed by atoms with E-state index in [1.807, 2.05) is 12.1 Å². The first-order valence-electron chi connectivity index (χ1n) is 6.21. The average Bonchev–Trinajstić information content (AvgIpc) is 2.46. The number of halogens is 2. The van der Waals surface area contributed by atoms with E-state index >= 15 is 0 Å². The van der Waals surface area contributed by atoms with E-state index in [1.54, 1.807) is 24.4 Å². The number of hydrogen-bond donors (Lipinski definition) is 1. The average molecular weight is 270 g/mol. The van der Waals surface area contributed by atoms with Crippen LogP contribution >= 0.6 is 0 Å². The highest BCUT2D eigenvalue weighted by molar-refractivity contribution is 5.82. The van der Waals surface area contributed by atoms with Gasteiger partial charge in [0.2, 0.25) is 0 Å².